The van der Waals surface area contributed by atoms with Crippen molar-refractivity contribution in [2.75, 3.05) is 13.1 Å². The highest BCUT2D eigenvalue weighted by molar-refractivity contribution is 5.73. The van der Waals surface area contributed by atoms with E-state index in [1.807, 2.05) is 0 Å². The fourth-order valence-corrected chi connectivity index (χ4v) is 1.36. The van der Waals surface area contributed by atoms with Crippen LogP contribution in [0.25, 0.3) is 0 Å². The van der Waals surface area contributed by atoms with E-state index in [-0.39, 0.29) is 0 Å². The van der Waals surface area contributed by atoms with E-state index in [1.54, 1.807) is 0 Å². The Morgan fingerprint density at radius 3 is 2.00 bits per heavy atom. The number of carbonyl (C=O) groups is 1. The van der Waals surface area contributed by atoms with Crippen LogP contribution in [-0.2, 0) is 4.79 Å². The number of carboxylic acid groups (broad SMARTS) is 1. The third kappa shape index (κ3) is 4.37. The van der Waals surface area contributed by atoms with Crippen LogP contribution in [0.3, 0.4) is 0 Å². The maximum Gasteiger partial charge on any atom is 0.490 e. The molecule has 3 nitrogen and oxygen atoms in total. The first-order valence-corrected chi connectivity index (χ1v) is 5.38. The minimum Gasteiger partial charge on any atom is -0.475 e. The normalized spacial score (nSPS) is 15.3. The van der Waals surface area contributed by atoms with E-state index in [4.69, 9.17) is 9.90 Å². The van der Waals surface area contributed by atoms with Crippen LogP contribution in [0, 0.1) is 6.92 Å². The number of alkyl halides is 3. The molecule has 6 heteroatoms. The summed E-state index contributed by atoms with van der Waals surface area (Å²) in [5.41, 5.74) is 2.83. The van der Waals surface area contributed by atoms with Crippen LogP contribution in [0.15, 0.2) is 24.3 Å². The summed E-state index contributed by atoms with van der Waals surface area (Å²) in [6.07, 6.45) is -5.08. The quantitative estimate of drug-likeness (QED) is 0.815. The molecular formula is C12H14F3NO2. The maximum atomic E-state index is 10.6. The Kier molecular flexibility index (Phi) is 4.72. The van der Waals surface area contributed by atoms with Gasteiger partial charge in [0.1, 0.15) is 0 Å². The van der Waals surface area contributed by atoms with Gasteiger partial charge in [0.25, 0.3) is 0 Å². The Labute approximate surface area is 103 Å². The molecule has 0 atom stereocenters. The second-order valence-electron chi connectivity index (χ2n) is 4.07. The number of halogens is 3. The third-order valence-electron chi connectivity index (χ3n) is 2.57. The van der Waals surface area contributed by atoms with Crippen molar-refractivity contribution >= 4 is 5.97 Å². The van der Waals surface area contributed by atoms with Crippen molar-refractivity contribution in [3.05, 3.63) is 35.4 Å². The Bertz CT molecular complexity index is 397. The van der Waals surface area contributed by atoms with Crippen LogP contribution in [0.4, 0.5) is 13.2 Å². The van der Waals surface area contributed by atoms with Crippen LogP contribution in [0.2, 0.25) is 0 Å². The van der Waals surface area contributed by atoms with Crippen molar-refractivity contribution in [3.63, 3.8) is 0 Å². The SMILES string of the molecule is Cc1ccc(C2CNC2)cc1.O=C(O)C(F)(F)F. The topological polar surface area (TPSA) is 49.3 Å². The van der Waals surface area contributed by atoms with Crippen molar-refractivity contribution < 1.29 is 23.1 Å². The Morgan fingerprint density at radius 2 is 1.72 bits per heavy atom. The summed E-state index contributed by atoms with van der Waals surface area (Å²) in [5.74, 6) is -1.98. The molecule has 1 fully saturated rings. The molecule has 18 heavy (non-hydrogen) atoms. The second-order valence-corrected chi connectivity index (χ2v) is 4.07. The number of carboxylic acids is 1. The minimum atomic E-state index is -5.08. The molecule has 100 valence electrons. The highest BCUT2D eigenvalue weighted by Gasteiger charge is 2.38. The van der Waals surface area contributed by atoms with Crippen molar-refractivity contribution in [2.45, 2.75) is 19.0 Å². The molecule has 0 radical (unpaired) electrons. The summed E-state index contributed by atoms with van der Waals surface area (Å²) in [6.45, 7) is 4.44. The standard InChI is InChI=1S/C10H13N.C2HF3O2/c1-8-2-4-9(5-3-8)10-6-11-7-10;3-2(4,5)1(6)7/h2-5,10-11H,6-7H2,1H3;(H,6,7). The first-order valence-electron chi connectivity index (χ1n) is 5.38. The van der Waals surface area contributed by atoms with E-state index >= 15 is 0 Å². The average Bonchev–Trinajstić information content (AvgIpc) is 2.18. The van der Waals surface area contributed by atoms with Gasteiger partial charge in [-0.05, 0) is 12.5 Å². The number of hydrogen-bond donors (Lipinski definition) is 2. The van der Waals surface area contributed by atoms with Gasteiger partial charge in [0, 0.05) is 19.0 Å². The molecule has 0 aliphatic carbocycles. The third-order valence-corrected chi connectivity index (χ3v) is 2.57. The summed E-state index contributed by atoms with van der Waals surface area (Å²) in [5, 5.41) is 10.4. The zero-order valence-corrected chi connectivity index (χ0v) is 9.79. The van der Waals surface area contributed by atoms with Gasteiger partial charge in [-0.2, -0.15) is 13.2 Å². The summed E-state index contributed by atoms with van der Waals surface area (Å²) in [7, 11) is 0. The predicted molar refractivity (Wildman–Crippen MR) is 60.5 cm³/mol. The molecule has 1 saturated heterocycles. The molecule has 0 unspecified atom stereocenters. The largest absolute Gasteiger partial charge is 0.490 e. The summed E-state index contributed by atoms with van der Waals surface area (Å²) >= 11 is 0. The van der Waals surface area contributed by atoms with E-state index < -0.39 is 12.1 Å². The summed E-state index contributed by atoms with van der Waals surface area (Å²) < 4.78 is 31.7. The van der Waals surface area contributed by atoms with Gasteiger partial charge >= 0.3 is 12.1 Å². The number of hydrogen-bond acceptors (Lipinski definition) is 2. The average molecular weight is 261 g/mol. The second kappa shape index (κ2) is 5.86. The number of nitrogens with one attached hydrogen (secondary N) is 1. The van der Waals surface area contributed by atoms with Gasteiger partial charge in [0.15, 0.2) is 0 Å². The van der Waals surface area contributed by atoms with Crippen LogP contribution in [0.5, 0.6) is 0 Å². The van der Waals surface area contributed by atoms with Gasteiger partial charge in [-0.25, -0.2) is 4.79 Å². The molecule has 0 amide bonds. The van der Waals surface area contributed by atoms with E-state index in [0.717, 1.165) is 19.0 Å². The van der Waals surface area contributed by atoms with E-state index in [1.165, 1.54) is 11.1 Å². The molecule has 2 rings (SSSR count). The molecule has 1 aliphatic rings. The van der Waals surface area contributed by atoms with Crippen molar-refractivity contribution in [2.24, 2.45) is 0 Å². The Balaban J connectivity index is 0.000000203. The zero-order chi connectivity index (χ0) is 13.8. The van der Waals surface area contributed by atoms with E-state index in [9.17, 15) is 13.2 Å². The van der Waals surface area contributed by atoms with Gasteiger partial charge < -0.3 is 10.4 Å². The first-order chi connectivity index (χ1) is 8.30. The molecule has 0 aromatic heterocycles. The van der Waals surface area contributed by atoms with E-state index in [2.05, 4.69) is 36.5 Å². The molecule has 1 aliphatic heterocycles. The lowest BCUT2D eigenvalue weighted by atomic mass is 9.93. The number of rotatable bonds is 1. The molecule has 2 N–H and O–H groups in total. The molecule has 1 aromatic carbocycles. The first kappa shape index (κ1) is 14.5. The van der Waals surface area contributed by atoms with E-state index in [0.29, 0.717) is 0 Å². The molecule has 0 saturated carbocycles. The van der Waals surface area contributed by atoms with Gasteiger partial charge in [-0.3, -0.25) is 0 Å². The van der Waals surface area contributed by atoms with Crippen molar-refractivity contribution in [1.29, 1.82) is 0 Å². The fourth-order valence-electron chi connectivity index (χ4n) is 1.36. The summed E-state index contributed by atoms with van der Waals surface area (Å²) in [6, 6.07) is 8.85. The molecule has 1 aromatic rings. The highest BCUT2D eigenvalue weighted by Crippen LogP contribution is 2.19. The van der Waals surface area contributed by atoms with Gasteiger partial charge in [0.05, 0.1) is 0 Å². The van der Waals surface area contributed by atoms with Gasteiger partial charge in [0.2, 0.25) is 0 Å². The lowest BCUT2D eigenvalue weighted by Gasteiger charge is -2.27. The lowest BCUT2D eigenvalue weighted by molar-refractivity contribution is -0.192. The highest BCUT2D eigenvalue weighted by atomic mass is 19.4. The molecular weight excluding hydrogens is 247 g/mol. The number of benzene rings is 1. The fraction of sp³-hybridized carbons (Fsp3) is 0.417. The zero-order valence-electron chi connectivity index (χ0n) is 9.79. The minimum absolute atomic E-state index is 0.774. The molecule has 0 spiro atoms. The van der Waals surface area contributed by atoms with Crippen molar-refractivity contribution in [3.8, 4) is 0 Å². The van der Waals surface area contributed by atoms with Gasteiger partial charge in [-0.1, -0.05) is 29.8 Å². The van der Waals surface area contributed by atoms with Crippen molar-refractivity contribution in [1.82, 2.24) is 5.32 Å². The number of aliphatic carboxylic acids is 1. The molecule has 1 heterocycles. The monoisotopic (exact) mass is 261 g/mol. The summed E-state index contributed by atoms with van der Waals surface area (Å²) in [4.78, 5) is 8.90. The number of aryl methyl sites for hydroxylation is 1. The van der Waals surface area contributed by atoms with Crippen LogP contribution < -0.4 is 5.32 Å². The smallest absolute Gasteiger partial charge is 0.475 e. The maximum absolute atomic E-state index is 10.6. The van der Waals surface area contributed by atoms with Crippen LogP contribution in [0.1, 0.15) is 17.0 Å². The van der Waals surface area contributed by atoms with Crippen LogP contribution in [-0.4, -0.2) is 30.3 Å². The Morgan fingerprint density at radius 1 is 1.28 bits per heavy atom. The predicted octanol–water partition coefficient (Wildman–Crippen LogP) is 2.32. The van der Waals surface area contributed by atoms with Crippen LogP contribution >= 0.6 is 0 Å². The Hall–Kier alpha value is -1.56. The van der Waals surface area contributed by atoms with Gasteiger partial charge in [-0.15, -0.1) is 0 Å². The molecule has 0 bridgehead atoms. The lowest BCUT2D eigenvalue weighted by Crippen LogP contribution is -2.39.